The predicted molar refractivity (Wildman–Crippen MR) is 106 cm³/mol. The van der Waals surface area contributed by atoms with Gasteiger partial charge in [-0.1, -0.05) is 60.7 Å². The van der Waals surface area contributed by atoms with Crippen LogP contribution in [0.4, 0.5) is 0 Å². The quantitative estimate of drug-likeness (QED) is 0.541. The van der Waals surface area contributed by atoms with Gasteiger partial charge in [-0.05, 0) is 17.5 Å². The molecular weight excluding hydrogens is 366 g/mol. The molecule has 2 unspecified atom stereocenters. The van der Waals surface area contributed by atoms with E-state index in [1.807, 2.05) is 60.7 Å². The molecule has 7 heteroatoms. The van der Waals surface area contributed by atoms with E-state index in [0.29, 0.717) is 0 Å². The van der Waals surface area contributed by atoms with Crippen LogP contribution in [0.5, 0.6) is 0 Å². The summed E-state index contributed by atoms with van der Waals surface area (Å²) in [5, 5.41) is 19.7. The van der Waals surface area contributed by atoms with Crippen molar-refractivity contribution < 1.29 is 24.0 Å². The van der Waals surface area contributed by atoms with E-state index in [1.54, 1.807) is 5.37 Å². The van der Waals surface area contributed by atoms with Crippen molar-refractivity contribution in [2.45, 2.75) is 18.6 Å². The minimum atomic E-state index is -2.75. The zero-order valence-electron chi connectivity index (χ0n) is 14.8. The van der Waals surface area contributed by atoms with E-state index in [4.69, 9.17) is 5.11 Å². The number of benzene rings is 2. The van der Waals surface area contributed by atoms with Crippen LogP contribution in [0, 0.1) is 5.92 Å². The van der Waals surface area contributed by atoms with Crippen LogP contribution in [0.1, 0.15) is 24.0 Å². The molecule has 3 N–H and O–H groups in total. The number of carbonyl (C=O) groups is 2. The highest BCUT2D eigenvalue weighted by Gasteiger charge is 2.21. The minimum absolute atomic E-state index is 0.0239. The van der Waals surface area contributed by atoms with Crippen LogP contribution in [0.15, 0.2) is 60.7 Å². The lowest BCUT2D eigenvalue weighted by Gasteiger charge is -2.17. The molecule has 0 amide bonds. The molecule has 0 bridgehead atoms. The molecule has 0 heterocycles. The first-order valence-electron chi connectivity index (χ1n) is 8.53. The Morgan fingerprint density at radius 2 is 1.59 bits per heavy atom. The van der Waals surface area contributed by atoms with Crippen molar-refractivity contribution in [2.75, 3.05) is 6.54 Å². The molecule has 27 heavy (non-hydrogen) atoms. The lowest BCUT2D eigenvalue weighted by Crippen LogP contribution is -2.35. The lowest BCUT2D eigenvalue weighted by atomic mass is 10.0. The van der Waals surface area contributed by atoms with Crippen molar-refractivity contribution in [3.05, 3.63) is 71.8 Å². The Bertz CT molecular complexity index is 874. The molecule has 0 aromatic heterocycles. The largest absolute Gasteiger partial charge is 0.481 e. The molecule has 0 aliphatic heterocycles. The van der Waals surface area contributed by atoms with Gasteiger partial charge >= 0.3 is 11.9 Å². The van der Waals surface area contributed by atoms with Gasteiger partial charge in [-0.2, -0.15) is 0 Å². The Balaban J connectivity index is 2.24. The zero-order valence-corrected chi connectivity index (χ0v) is 15.6. The van der Waals surface area contributed by atoms with Gasteiger partial charge in [0.2, 0.25) is 0 Å². The SMILES string of the molecule is O=C(O)CCC(CNS(=O)(=Cc1ccccc1)Cc1ccccc1)C(=O)O. The highest BCUT2D eigenvalue weighted by Crippen LogP contribution is 2.10. The van der Waals surface area contributed by atoms with E-state index in [1.165, 1.54) is 0 Å². The summed E-state index contributed by atoms with van der Waals surface area (Å²) in [7, 11) is -2.75. The highest BCUT2D eigenvalue weighted by molar-refractivity contribution is 7.99. The average Bonchev–Trinajstić information content (AvgIpc) is 2.62. The highest BCUT2D eigenvalue weighted by atomic mass is 32.2. The van der Waals surface area contributed by atoms with Crippen molar-refractivity contribution in [1.82, 2.24) is 4.72 Å². The fourth-order valence-electron chi connectivity index (χ4n) is 2.56. The standard InChI is InChI=1S/C20H23NO5S/c22-19(23)12-11-18(20(24)25)13-21-27(26,14-16-7-3-1-4-8-16)15-17-9-5-2-6-10-17/h1-10,14,18H,11-13,15H2,(H,21,26)(H,22,23)(H,24,25). The summed E-state index contributed by atoms with van der Waals surface area (Å²) < 4.78 is 16.4. The van der Waals surface area contributed by atoms with Crippen LogP contribution in [0.25, 0.3) is 0 Å². The van der Waals surface area contributed by atoms with E-state index in [0.717, 1.165) is 11.1 Å². The van der Waals surface area contributed by atoms with Crippen LogP contribution in [0.3, 0.4) is 0 Å². The number of hydrogen-bond acceptors (Lipinski definition) is 3. The molecule has 2 aromatic carbocycles. The van der Waals surface area contributed by atoms with Crippen LogP contribution < -0.4 is 4.72 Å². The fourth-order valence-corrected chi connectivity index (χ4v) is 4.60. The first-order chi connectivity index (χ1) is 12.9. The summed E-state index contributed by atoms with van der Waals surface area (Å²) in [4.78, 5) is 22.1. The third kappa shape index (κ3) is 7.24. The van der Waals surface area contributed by atoms with E-state index < -0.39 is 27.6 Å². The molecule has 0 spiro atoms. The third-order valence-electron chi connectivity index (χ3n) is 3.98. The molecule has 0 fully saturated rings. The molecule has 2 atom stereocenters. The zero-order chi connectivity index (χ0) is 19.7. The Morgan fingerprint density at radius 3 is 2.15 bits per heavy atom. The van der Waals surface area contributed by atoms with Crippen LogP contribution in [0.2, 0.25) is 0 Å². The summed E-state index contributed by atoms with van der Waals surface area (Å²) in [6.45, 7) is -0.0718. The topological polar surface area (TPSA) is 104 Å². The van der Waals surface area contributed by atoms with Gasteiger partial charge in [-0.15, -0.1) is 0 Å². The Morgan fingerprint density at radius 1 is 1.00 bits per heavy atom. The smallest absolute Gasteiger partial charge is 0.307 e. The molecule has 6 nitrogen and oxygen atoms in total. The lowest BCUT2D eigenvalue weighted by molar-refractivity contribution is -0.142. The third-order valence-corrected chi connectivity index (χ3v) is 6.05. The second-order valence-corrected chi connectivity index (χ2v) is 8.47. The van der Waals surface area contributed by atoms with Gasteiger partial charge in [0.1, 0.15) is 0 Å². The summed E-state index contributed by atoms with van der Waals surface area (Å²) in [6, 6.07) is 18.5. The maximum Gasteiger partial charge on any atom is 0.307 e. The van der Waals surface area contributed by atoms with Crippen molar-refractivity contribution in [3.8, 4) is 0 Å². The van der Waals surface area contributed by atoms with E-state index in [9.17, 15) is 18.9 Å². The first-order valence-corrected chi connectivity index (χ1v) is 10.3. The maximum absolute atomic E-state index is 13.5. The summed E-state index contributed by atoms with van der Waals surface area (Å²) in [5.41, 5.74) is 1.63. The first kappa shape index (κ1) is 20.7. The van der Waals surface area contributed by atoms with Gasteiger partial charge in [0.25, 0.3) is 0 Å². The number of carboxylic acid groups (broad SMARTS) is 2. The van der Waals surface area contributed by atoms with Crippen molar-refractivity contribution in [2.24, 2.45) is 5.92 Å². The summed E-state index contributed by atoms with van der Waals surface area (Å²) in [5.74, 6) is -2.87. The van der Waals surface area contributed by atoms with Gasteiger partial charge in [-0.25, -0.2) is 4.72 Å². The molecule has 0 saturated heterocycles. The van der Waals surface area contributed by atoms with Crippen molar-refractivity contribution in [1.29, 1.82) is 0 Å². The monoisotopic (exact) mass is 389 g/mol. The van der Waals surface area contributed by atoms with E-state index >= 15 is 0 Å². The Kier molecular flexibility index (Phi) is 7.57. The van der Waals surface area contributed by atoms with Gasteiger partial charge in [0.15, 0.2) is 0 Å². The van der Waals surface area contributed by atoms with Crippen molar-refractivity contribution in [3.63, 3.8) is 0 Å². The summed E-state index contributed by atoms with van der Waals surface area (Å²) >= 11 is 0. The number of rotatable bonds is 10. The molecule has 2 aromatic rings. The predicted octanol–water partition coefficient (Wildman–Crippen LogP) is 2.39. The molecule has 0 radical (unpaired) electrons. The Labute approximate surface area is 159 Å². The minimum Gasteiger partial charge on any atom is -0.481 e. The molecule has 144 valence electrons. The molecule has 0 saturated carbocycles. The van der Waals surface area contributed by atoms with E-state index in [2.05, 4.69) is 4.72 Å². The molecule has 0 aliphatic carbocycles. The van der Waals surface area contributed by atoms with Crippen LogP contribution in [-0.4, -0.2) is 38.3 Å². The molecule has 0 aliphatic rings. The number of carboxylic acids is 2. The second kappa shape index (κ2) is 9.89. The van der Waals surface area contributed by atoms with Crippen LogP contribution in [-0.2, 0) is 25.0 Å². The van der Waals surface area contributed by atoms with Gasteiger partial charge in [0.05, 0.1) is 11.7 Å². The molecule has 2 rings (SSSR count). The fraction of sp³-hybridized carbons (Fsp3) is 0.250. The van der Waals surface area contributed by atoms with E-state index in [-0.39, 0.29) is 25.1 Å². The Hall–Kier alpha value is -2.64. The summed E-state index contributed by atoms with van der Waals surface area (Å²) in [6.07, 6.45) is -0.273. The van der Waals surface area contributed by atoms with Gasteiger partial charge in [-0.3, -0.25) is 13.8 Å². The molecular formula is C20H23NO5S. The number of nitrogens with one attached hydrogen (secondary N) is 1. The second-order valence-electron chi connectivity index (χ2n) is 6.20. The normalized spacial score (nSPS) is 14.1. The maximum atomic E-state index is 13.5. The van der Waals surface area contributed by atoms with Gasteiger partial charge in [0, 0.05) is 28.0 Å². The van der Waals surface area contributed by atoms with Crippen LogP contribution >= 0.6 is 0 Å². The van der Waals surface area contributed by atoms with Crippen molar-refractivity contribution >= 4 is 27.0 Å². The van der Waals surface area contributed by atoms with Gasteiger partial charge < -0.3 is 10.2 Å². The number of hydrogen-bond donors (Lipinski definition) is 3. The average molecular weight is 389 g/mol. The number of aliphatic carboxylic acids is 2.